The van der Waals surface area contributed by atoms with Gasteiger partial charge in [0.15, 0.2) is 0 Å². The number of para-hydroxylation sites is 1. The Morgan fingerprint density at radius 3 is 2.17 bits per heavy atom. The molecule has 0 aliphatic heterocycles. The lowest BCUT2D eigenvalue weighted by atomic mass is 9.95. The van der Waals surface area contributed by atoms with Crippen LogP contribution in [0.3, 0.4) is 0 Å². The highest BCUT2D eigenvalue weighted by Gasteiger charge is 2.38. The molecule has 2 rings (SSSR count). The van der Waals surface area contributed by atoms with E-state index >= 15 is 0 Å². The molecule has 0 fully saturated rings. The van der Waals surface area contributed by atoms with Crippen LogP contribution in [0.4, 0.5) is 10.5 Å². The summed E-state index contributed by atoms with van der Waals surface area (Å²) in [6, 6.07) is 11.2. The Hall–Kier alpha value is -3.06. The molecule has 220 valence electrons. The first-order chi connectivity index (χ1) is 18.8. The SMILES string of the molecule is CCCCCCN(C(=O)C(NC(=O)OC(C)(C)C)C(C)C)C(C(=O)Nc1c(C)cccc1Cl)c1ccccc1C. The van der Waals surface area contributed by atoms with Crippen LogP contribution in [0, 0.1) is 19.8 Å². The molecule has 0 saturated heterocycles. The molecular formula is C32H46ClN3O4. The van der Waals surface area contributed by atoms with E-state index in [-0.39, 0.29) is 17.7 Å². The number of hydrogen-bond acceptors (Lipinski definition) is 4. The number of benzene rings is 2. The lowest BCUT2D eigenvalue weighted by molar-refractivity contribution is -0.141. The van der Waals surface area contributed by atoms with E-state index in [2.05, 4.69) is 17.6 Å². The molecule has 2 atom stereocenters. The average molecular weight is 572 g/mol. The zero-order chi connectivity index (χ0) is 30.0. The van der Waals surface area contributed by atoms with E-state index in [0.717, 1.165) is 36.8 Å². The highest BCUT2D eigenvalue weighted by Crippen LogP contribution is 2.31. The summed E-state index contributed by atoms with van der Waals surface area (Å²) in [5, 5.41) is 6.20. The van der Waals surface area contributed by atoms with Crippen LogP contribution in [0.1, 0.15) is 90.0 Å². The number of aryl methyl sites for hydroxylation is 2. The van der Waals surface area contributed by atoms with Crippen LogP contribution in [0.25, 0.3) is 0 Å². The van der Waals surface area contributed by atoms with Crippen LogP contribution in [-0.4, -0.2) is 41.0 Å². The zero-order valence-electron chi connectivity index (χ0n) is 25.3. The van der Waals surface area contributed by atoms with Crippen molar-refractivity contribution in [2.75, 3.05) is 11.9 Å². The van der Waals surface area contributed by atoms with Gasteiger partial charge in [-0.05, 0) is 69.7 Å². The summed E-state index contributed by atoms with van der Waals surface area (Å²) in [6.07, 6.45) is 3.02. The third kappa shape index (κ3) is 9.54. The molecule has 0 bridgehead atoms. The molecule has 2 unspecified atom stereocenters. The van der Waals surface area contributed by atoms with Crippen molar-refractivity contribution in [3.8, 4) is 0 Å². The van der Waals surface area contributed by atoms with Gasteiger partial charge in [-0.1, -0.05) is 88.0 Å². The fourth-order valence-corrected chi connectivity index (χ4v) is 4.80. The van der Waals surface area contributed by atoms with Gasteiger partial charge in [-0.2, -0.15) is 0 Å². The first-order valence-corrected chi connectivity index (χ1v) is 14.6. The fraction of sp³-hybridized carbons (Fsp3) is 0.531. The van der Waals surface area contributed by atoms with Gasteiger partial charge in [-0.15, -0.1) is 0 Å². The van der Waals surface area contributed by atoms with Gasteiger partial charge in [-0.3, -0.25) is 9.59 Å². The maximum absolute atomic E-state index is 14.3. The van der Waals surface area contributed by atoms with Gasteiger partial charge in [0.05, 0.1) is 10.7 Å². The number of amides is 3. The summed E-state index contributed by atoms with van der Waals surface area (Å²) in [6.45, 7) is 15.3. The Labute approximate surface area is 245 Å². The van der Waals surface area contributed by atoms with Crippen LogP contribution in [0.15, 0.2) is 42.5 Å². The van der Waals surface area contributed by atoms with E-state index < -0.39 is 23.8 Å². The minimum Gasteiger partial charge on any atom is -0.444 e. The molecule has 2 N–H and O–H groups in total. The van der Waals surface area contributed by atoms with Gasteiger partial charge in [0, 0.05) is 6.54 Å². The molecule has 0 aliphatic rings. The van der Waals surface area contributed by atoms with Gasteiger partial charge in [0.2, 0.25) is 5.91 Å². The summed E-state index contributed by atoms with van der Waals surface area (Å²) in [5.41, 5.74) is 2.21. The molecular weight excluding hydrogens is 526 g/mol. The summed E-state index contributed by atoms with van der Waals surface area (Å²) in [7, 11) is 0. The van der Waals surface area contributed by atoms with E-state index in [4.69, 9.17) is 16.3 Å². The highest BCUT2D eigenvalue weighted by atomic mass is 35.5. The van der Waals surface area contributed by atoms with E-state index in [1.54, 1.807) is 31.7 Å². The van der Waals surface area contributed by atoms with Crippen molar-refractivity contribution in [3.63, 3.8) is 0 Å². The number of anilines is 1. The molecule has 3 amide bonds. The third-order valence-corrected chi connectivity index (χ3v) is 6.97. The van der Waals surface area contributed by atoms with Crippen molar-refractivity contribution in [1.29, 1.82) is 0 Å². The smallest absolute Gasteiger partial charge is 0.408 e. The number of hydrogen-bond donors (Lipinski definition) is 2. The topological polar surface area (TPSA) is 87.7 Å². The van der Waals surface area contributed by atoms with Crippen LogP contribution < -0.4 is 10.6 Å². The van der Waals surface area contributed by atoms with Crippen molar-refractivity contribution in [2.24, 2.45) is 5.92 Å². The number of alkyl carbamates (subject to hydrolysis) is 1. The molecule has 0 saturated carbocycles. The number of ether oxygens (including phenoxy) is 1. The standard InChI is InChI=1S/C32H46ClN3O4/c1-9-10-11-14-20-36(30(38)26(21(2)3)35-31(39)40-32(6,7)8)28(24-18-13-12-16-22(24)4)29(37)34-27-23(5)17-15-19-25(27)33/h12-13,15-19,21,26,28H,9-11,14,20H2,1-8H3,(H,34,37)(H,35,39). The number of unbranched alkanes of at least 4 members (excludes halogenated alkanes) is 3. The molecule has 2 aromatic rings. The third-order valence-electron chi connectivity index (χ3n) is 6.65. The summed E-state index contributed by atoms with van der Waals surface area (Å²) >= 11 is 6.46. The van der Waals surface area contributed by atoms with E-state index in [1.807, 2.05) is 64.1 Å². The van der Waals surface area contributed by atoms with Crippen LogP contribution in [0.5, 0.6) is 0 Å². The highest BCUT2D eigenvalue weighted by molar-refractivity contribution is 6.34. The minimum absolute atomic E-state index is 0.246. The number of halogens is 1. The lowest BCUT2D eigenvalue weighted by Crippen LogP contribution is -2.54. The molecule has 0 spiro atoms. The van der Waals surface area contributed by atoms with Crippen LogP contribution in [-0.2, 0) is 14.3 Å². The molecule has 40 heavy (non-hydrogen) atoms. The quantitative estimate of drug-likeness (QED) is 0.257. The number of carbonyl (C=O) groups excluding carboxylic acids is 3. The largest absolute Gasteiger partial charge is 0.444 e. The van der Waals surface area contributed by atoms with Gasteiger partial charge < -0.3 is 20.3 Å². The molecule has 0 aromatic heterocycles. The molecule has 0 aliphatic carbocycles. The van der Waals surface area contributed by atoms with Crippen LogP contribution in [0.2, 0.25) is 5.02 Å². The first kappa shape index (κ1) is 33.1. The Bertz CT molecular complexity index is 1140. The average Bonchev–Trinajstić information content (AvgIpc) is 2.86. The monoisotopic (exact) mass is 571 g/mol. The van der Waals surface area contributed by atoms with Crippen molar-refractivity contribution >= 4 is 35.2 Å². The minimum atomic E-state index is -0.937. The molecule has 0 radical (unpaired) electrons. The Morgan fingerprint density at radius 1 is 0.950 bits per heavy atom. The Balaban J connectivity index is 2.58. The maximum atomic E-state index is 14.3. The number of nitrogens with one attached hydrogen (secondary N) is 2. The maximum Gasteiger partial charge on any atom is 0.408 e. The summed E-state index contributed by atoms with van der Waals surface area (Å²) < 4.78 is 5.46. The van der Waals surface area contributed by atoms with Crippen molar-refractivity contribution < 1.29 is 19.1 Å². The predicted molar refractivity (Wildman–Crippen MR) is 163 cm³/mol. The molecule has 8 heteroatoms. The Morgan fingerprint density at radius 2 is 1.60 bits per heavy atom. The number of carbonyl (C=O) groups is 3. The zero-order valence-corrected chi connectivity index (χ0v) is 26.0. The molecule has 7 nitrogen and oxygen atoms in total. The molecule has 2 aromatic carbocycles. The normalized spacial score (nSPS) is 12.9. The van der Waals surface area contributed by atoms with Gasteiger partial charge >= 0.3 is 6.09 Å². The predicted octanol–water partition coefficient (Wildman–Crippen LogP) is 7.59. The fourth-order valence-electron chi connectivity index (χ4n) is 4.53. The number of rotatable bonds is 12. The van der Waals surface area contributed by atoms with Crippen molar-refractivity contribution in [1.82, 2.24) is 10.2 Å². The number of nitrogens with zero attached hydrogens (tertiary/aromatic N) is 1. The van der Waals surface area contributed by atoms with E-state index in [9.17, 15) is 14.4 Å². The second-order valence-corrected chi connectivity index (χ2v) is 12.0. The second kappa shape index (κ2) is 15.1. The van der Waals surface area contributed by atoms with Gasteiger partial charge in [0.1, 0.15) is 17.7 Å². The van der Waals surface area contributed by atoms with E-state index in [1.165, 1.54) is 0 Å². The summed E-state index contributed by atoms with van der Waals surface area (Å²) in [4.78, 5) is 42.8. The van der Waals surface area contributed by atoms with Crippen molar-refractivity contribution in [2.45, 2.75) is 98.8 Å². The lowest BCUT2D eigenvalue weighted by Gasteiger charge is -2.36. The van der Waals surface area contributed by atoms with Crippen LogP contribution >= 0.6 is 11.6 Å². The summed E-state index contributed by atoms with van der Waals surface area (Å²) in [5.74, 6) is -0.949. The molecule has 0 heterocycles. The van der Waals surface area contributed by atoms with Gasteiger partial charge in [-0.25, -0.2) is 4.79 Å². The first-order valence-electron chi connectivity index (χ1n) is 14.2. The van der Waals surface area contributed by atoms with Crippen molar-refractivity contribution in [3.05, 3.63) is 64.2 Å². The van der Waals surface area contributed by atoms with E-state index in [0.29, 0.717) is 22.8 Å². The van der Waals surface area contributed by atoms with Gasteiger partial charge in [0.25, 0.3) is 5.91 Å². The second-order valence-electron chi connectivity index (χ2n) is 11.6. The Kier molecular flexibility index (Phi) is 12.5.